The van der Waals surface area contributed by atoms with E-state index in [2.05, 4.69) is 15.9 Å². The summed E-state index contributed by atoms with van der Waals surface area (Å²) in [6.45, 7) is 0.320. The van der Waals surface area contributed by atoms with Crippen LogP contribution in [0, 0.1) is 11.3 Å². The molecule has 3 aliphatic carbocycles. The fraction of sp³-hybridized carbons (Fsp3) is 0.438. The molecule has 0 aromatic heterocycles. The Labute approximate surface area is 125 Å². The van der Waals surface area contributed by atoms with Gasteiger partial charge in [-0.1, -0.05) is 52.3 Å². The molecule has 1 aliphatic heterocycles. The maximum absolute atomic E-state index is 12.9. The number of benzene rings is 1. The van der Waals surface area contributed by atoms with Crippen LogP contribution in [0.2, 0.25) is 0 Å². The fourth-order valence-electron chi connectivity index (χ4n) is 3.95. The van der Waals surface area contributed by atoms with Gasteiger partial charge in [0.1, 0.15) is 0 Å². The van der Waals surface area contributed by atoms with Gasteiger partial charge in [0.25, 0.3) is 0 Å². The highest BCUT2D eigenvalue weighted by Gasteiger charge is 2.71. The molecule has 2 fully saturated rings. The van der Waals surface area contributed by atoms with Crippen molar-refractivity contribution in [1.29, 1.82) is 0 Å². The molecule has 20 heavy (non-hydrogen) atoms. The molecule has 4 aliphatic rings. The highest BCUT2D eigenvalue weighted by atomic mass is 79.9. The molecule has 4 heteroatoms. The Hall–Kier alpha value is -0.970. The van der Waals surface area contributed by atoms with Crippen LogP contribution < -0.4 is 0 Å². The minimum Gasteiger partial charge on any atom is -0.395 e. The van der Waals surface area contributed by atoms with Gasteiger partial charge in [-0.2, -0.15) is 0 Å². The van der Waals surface area contributed by atoms with Crippen LogP contribution in [0.3, 0.4) is 0 Å². The zero-order chi connectivity index (χ0) is 14.0. The topological polar surface area (TPSA) is 49.8 Å². The van der Waals surface area contributed by atoms with Crippen LogP contribution in [0.25, 0.3) is 0 Å². The SMILES string of the molecule is O=C1[C@]2(CO)C=C(Br)[C@@H](C[C@@H]2c2ccccc2)[C@@]12CO2. The first-order chi connectivity index (χ1) is 9.64. The van der Waals surface area contributed by atoms with Crippen molar-refractivity contribution in [2.24, 2.45) is 11.3 Å². The van der Waals surface area contributed by atoms with Crippen molar-refractivity contribution in [3.63, 3.8) is 0 Å². The van der Waals surface area contributed by atoms with Crippen molar-refractivity contribution >= 4 is 21.7 Å². The average Bonchev–Trinajstić information content (AvgIpc) is 3.26. The number of ether oxygens (including phenoxy) is 1. The fourth-order valence-corrected chi connectivity index (χ4v) is 4.92. The molecular formula is C16H15BrO3. The van der Waals surface area contributed by atoms with Crippen molar-refractivity contribution in [2.75, 3.05) is 13.2 Å². The average molecular weight is 335 g/mol. The summed E-state index contributed by atoms with van der Waals surface area (Å²) in [4.78, 5) is 12.9. The Kier molecular flexibility index (Phi) is 2.57. The van der Waals surface area contributed by atoms with Gasteiger partial charge in [0, 0.05) is 11.8 Å². The van der Waals surface area contributed by atoms with Gasteiger partial charge in [0.15, 0.2) is 11.4 Å². The highest BCUT2D eigenvalue weighted by Crippen LogP contribution is 2.63. The molecule has 1 aromatic carbocycles. The van der Waals surface area contributed by atoms with Crippen LogP contribution in [0.4, 0.5) is 0 Å². The van der Waals surface area contributed by atoms with Crippen LogP contribution in [-0.2, 0) is 9.53 Å². The van der Waals surface area contributed by atoms with Crippen molar-refractivity contribution in [3.8, 4) is 0 Å². The molecule has 1 saturated heterocycles. The lowest BCUT2D eigenvalue weighted by atomic mass is 9.53. The second kappa shape index (κ2) is 4.03. The largest absolute Gasteiger partial charge is 0.395 e. The van der Waals surface area contributed by atoms with Gasteiger partial charge in [0.05, 0.1) is 18.6 Å². The van der Waals surface area contributed by atoms with Crippen LogP contribution in [0.15, 0.2) is 40.9 Å². The summed E-state index contributed by atoms with van der Waals surface area (Å²) in [6, 6.07) is 10.0. The summed E-state index contributed by atoms with van der Waals surface area (Å²) in [6.07, 6.45) is 2.77. The molecular weight excluding hydrogens is 320 g/mol. The third-order valence-corrected chi connectivity index (χ3v) is 5.89. The van der Waals surface area contributed by atoms with E-state index in [1.165, 1.54) is 0 Å². The van der Waals surface area contributed by atoms with Gasteiger partial charge >= 0.3 is 0 Å². The van der Waals surface area contributed by atoms with E-state index in [4.69, 9.17) is 4.74 Å². The van der Waals surface area contributed by atoms with E-state index in [0.29, 0.717) is 6.61 Å². The zero-order valence-electron chi connectivity index (χ0n) is 10.9. The predicted molar refractivity (Wildman–Crippen MR) is 77.5 cm³/mol. The molecule has 1 aromatic rings. The number of aliphatic hydroxyl groups is 1. The summed E-state index contributed by atoms with van der Waals surface area (Å²) in [5.74, 6) is 0.178. The van der Waals surface area contributed by atoms with E-state index in [0.717, 1.165) is 16.5 Å². The summed E-state index contributed by atoms with van der Waals surface area (Å²) in [7, 11) is 0. The van der Waals surface area contributed by atoms with Gasteiger partial charge in [-0.25, -0.2) is 0 Å². The van der Waals surface area contributed by atoms with E-state index in [9.17, 15) is 9.90 Å². The van der Waals surface area contributed by atoms with Crippen molar-refractivity contribution in [3.05, 3.63) is 46.5 Å². The lowest BCUT2D eigenvalue weighted by molar-refractivity contribution is -0.142. The minimum absolute atomic E-state index is 0.0299. The number of fused-ring (bicyclic) bond motifs is 1. The maximum Gasteiger partial charge on any atom is 0.180 e. The van der Waals surface area contributed by atoms with E-state index < -0.39 is 11.0 Å². The predicted octanol–water partition coefficient (Wildman–Crippen LogP) is 2.40. The number of ketones is 1. The number of Topliss-reactive ketones (excluding diaryl/α,β-unsaturated/α-hetero) is 1. The lowest BCUT2D eigenvalue weighted by Gasteiger charge is -2.50. The summed E-state index contributed by atoms with van der Waals surface area (Å²) >= 11 is 3.58. The zero-order valence-corrected chi connectivity index (χ0v) is 12.5. The number of rotatable bonds is 2. The first-order valence-corrected chi connectivity index (χ1v) is 7.66. The van der Waals surface area contributed by atoms with Gasteiger partial charge in [-0.05, 0) is 16.5 Å². The van der Waals surface area contributed by atoms with Gasteiger partial charge in [0.2, 0.25) is 0 Å². The molecule has 1 spiro atoms. The number of aliphatic hydroxyl groups excluding tert-OH is 1. The molecule has 4 atom stereocenters. The Morgan fingerprint density at radius 1 is 1.30 bits per heavy atom. The molecule has 3 nitrogen and oxygen atoms in total. The molecule has 1 heterocycles. The molecule has 1 saturated carbocycles. The normalized spacial score (nSPS) is 41.9. The monoisotopic (exact) mass is 334 g/mol. The molecule has 5 rings (SSSR count). The lowest BCUT2D eigenvalue weighted by Crippen LogP contribution is -2.58. The number of epoxide rings is 1. The highest BCUT2D eigenvalue weighted by molar-refractivity contribution is 9.11. The molecule has 0 amide bonds. The summed E-state index contributed by atoms with van der Waals surface area (Å²) < 4.78 is 6.54. The van der Waals surface area contributed by atoms with Gasteiger partial charge < -0.3 is 9.84 Å². The van der Waals surface area contributed by atoms with Crippen LogP contribution in [-0.4, -0.2) is 29.7 Å². The van der Waals surface area contributed by atoms with Gasteiger partial charge in [-0.3, -0.25) is 4.79 Å². The van der Waals surface area contributed by atoms with E-state index in [-0.39, 0.29) is 24.2 Å². The third kappa shape index (κ3) is 1.39. The first-order valence-electron chi connectivity index (χ1n) is 6.87. The second-order valence-electron chi connectivity index (χ2n) is 5.99. The van der Waals surface area contributed by atoms with E-state index in [1.54, 1.807) is 0 Å². The third-order valence-electron chi connectivity index (χ3n) is 5.11. The van der Waals surface area contributed by atoms with Crippen LogP contribution in [0.5, 0.6) is 0 Å². The molecule has 0 unspecified atom stereocenters. The van der Waals surface area contributed by atoms with Crippen LogP contribution in [0.1, 0.15) is 17.9 Å². The maximum atomic E-state index is 12.9. The molecule has 1 N–H and O–H groups in total. The number of carbonyl (C=O) groups excluding carboxylic acids is 1. The van der Waals surface area contributed by atoms with Crippen molar-refractivity contribution in [1.82, 2.24) is 0 Å². The van der Waals surface area contributed by atoms with Crippen LogP contribution >= 0.6 is 15.9 Å². The molecule has 104 valence electrons. The van der Waals surface area contributed by atoms with Gasteiger partial charge in [-0.15, -0.1) is 0 Å². The number of hydrogen-bond acceptors (Lipinski definition) is 3. The van der Waals surface area contributed by atoms with E-state index in [1.807, 2.05) is 36.4 Å². The smallest absolute Gasteiger partial charge is 0.180 e. The quantitative estimate of drug-likeness (QED) is 0.845. The second-order valence-corrected chi connectivity index (χ2v) is 6.90. The Morgan fingerprint density at radius 2 is 2.00 bits per heavy atom. The standard InChI is InChI=1S/C16H15BrO3/c17-13-7-15(8-18)11(10-4-2-1-3-5-10)6-12(13)16(9-20-16)14(15)19/h1-5,7,11-12,18H,6,8-9H2/t11-,12-,15+,16+/m1/s1. The number of carbonyl (C=O) groups is 1. The Bertz CT molecular complexity index is 605. The first kappa shape index (κ1) is 12.7. The Morgan fingerprint density at radius 3 is 2.60 bits per heavy atom. The molecule has 2 bridgehead atoms. The summed E-state index contributed by atoms with van der Waals surface area (Å²) in [5, 5.41) is 10.0. The minimum atomic E-state index is -0.842. The van der Waals surface area contributed by atoms with Crippen molar-refractivity contribution < 1.29 is 14.6 Å². The van der Waals surface area contributed by atoms with E-state index >= 15 is 0 Å². The Balaban J connectivity index is 1.87. The van der Waals surface area contributed by atoms with Crippen molar-refractivity contribution in [2.45, 2.75) is 17.9 Å². The summed E-state index contributed by atoms with van der Waals surface area (Å²) in [5.41, 5.74) is -0.390. The number of halogens is 1. The molecule has 0 radical (unpaired) electrons. The number of hydrogen-bond donors (Lipinski definition) is 1.